The monoisotopic (exact) mass is 303 g/mol. The molecule has 21 heavy (non-hydrogen) atoms. The smallest absolute Gasteiger partial charge is 0.0323 e. The van der Waals surface area contributed by atoms with Gasteiger partial charge in [0.1, 0.15) is 0 Å². The van der Waals surface area contributed by atoms with Crippen LogP contribution >= 0.6 is 11.3 Å². The Hall–Kier alpha value is -1.12. The average molecular weight is 304 g/mol. The van der Waals surface area contributed by atoms with Crippen molar-refractivity contribution < 1.29 is 0 Å². The van der Waals surface area contributed by atoms with E-state index >= 15 is 0 Å². The molecule has 1 aliphatic heterocycles. The summed E-state index contributed by atoms with van der Waals surface area (Å²) in [5, 5.41) is 2.22. The van der Waals surface area contributed by atoms with Gasteiger partial charge in [-0.3, -0.25) is 4.90 Å². The quantitative estimate of drug-likeness (QED) is 0.665. The molecule has 0 aliphatic carbocycles. The molecule has 0 bridgehead atoms. The Kier molecular flexibility index (Phi) is 8.33. The molecule has 1 nitrogen and oxygen atoms in total. The van der Waals surface area contributed by atoms with Crippen molar-refractivity contribution in [1.82, 2.24) is 4.90 Å². The molecule has 0 amide bonds. The topological polar surface area (TPSA) is 3.24 Å². The maximum Gasteiger partial charge on any atom is 0.0323 e. The van der Waals surface area contributed by atoms with Crippen LogP contribution in [0.1, 0.15) is 56.7 Å². The van der Waals surface area contributed by atoms with Crippen LogP contribution in [0.3, 0.4) is 0 Å². The van der Waals surface area contributed by atoms with Gasteiger partial charge >= 0.3 is 0 Å². The van der Waals surface area contributed by atoms with E-state index in [0.29, 0.717) is 6.04 Å². The fraction of sp³-hybridized carbons (Fsp3) is 0.474. The van der Waals surface area contributed by atoms with E-state index in [1.165, 1.54) is 24.1 Å². The summed E-state index contributed by atoms with van der Waals surface area (Å²) < 4.78 is 0. The Morgan fingerprint density at radius 1 is 1.00 bits per heavy atom. The van der Waals surface area contributed by atoms with Crippen LogP contribution in [0.25, 0.3) is 0 Å². The molecule has 0 saturated carbocycles. The van der Waals surface area contributed by atoms with E-state index in [-0.39, 0.29) is 0 Å². The maximum atomic E-state index is 2.57. The van der Waals surface area contributed by atoms with Gasteiger partial charge in [0, 0.05) is 24.0 Å². The summed E-state index contributed by atoms with van der Waals surface area (Å²) in [7, 11) is 0. The van der Waals surface area contributed by atoms with Gasteiger partial charge in [0.2, 0.25) is 0 Å². The predicted octanol–water partition coefficient (Wildman–Crippen LogP) is 5.92. The SMILES string of the molecule is CC.CC.CC(c1ccccc1)N1CCc2sccc2C1. The van der Waals surface area contributed by atoms with E-state index in [2.05, 4.69) is 53.6 Å². The standard InChI is InChI=1S/C15H17NS.2C2H6/c1-12(13-5-3-2-4-6-13)16-9-7-15-14(11-16)8-10-17-15;2*1-2/h2-6,8,10,12H,7,9,11H2,1H3;2*1-2H3. The normalized spacial score (nSPS) is 14.9. The molecule has 1 unspecified atom stereocenters. The van der Waals surface area contributed by atoms with Gasteiger partial charge in [-0.05, 0) is 35.9 Å². The molecule has 1 aromatic heterocycles. The first-order valence-electron chi connectivity index (χ1n) is 8.19. The highest BCUT2D eigenvalue weighted by atomic mass is 32.1. The minimum atomic E-state index is 0.518. The van der Waals surface area contributed by atoms with E-state index in [9.17, 15) is 0 Å². The first-order chi connectivity index (χ1) is 10.3. The molecular weight excluding hydrogens is 274 g/mol. The van der Waals surface area contributed by atoms with Crippen molar-refractivity contribution in [3.8, 4) is 0 Å². The number of nitrogens with zero attached hydrogens (tertiary/aromatic N) is 1. The summed E-state index contributed by atoms with van der Waals surface area (Å²) >= 11 is 1.91. The van der Waals surface area contributed by atoms with Gasteiger partial charge in [0.05, 0.1) is 0 Å². The van der Waals surface area contributed by atoms with Crippen molar-refractivity contribution in [2.45, 2.75) is 53.6 Å². The van der Waals surface area contributed by atoms with Crippen molar-refractivity contribution in [2.75, 3.05) is 6.54 Å². The molecule has 1 aromatic carbocycles. The zero-order chi connectivity index (χ0) is 15.7. The Balaban J connectivity index is 0.000000510. The van der Waals surface area contributed by atoms with Crippen molar-refractivity contribution in [3.05, 3.63) is 57.8 Å². The number of benzene rings is 1. The molecule has 0 fully saturated rings. The molecule has 0 radical (unpaired) electrons. The van der Waals surface area contributed by atoms with Crippen LogP contribution in [-0.4, -0.2) is 11.4 Å². The van der Waals surface area contributed by atoms with Crippen LogP contribution in [0.4, 0.5) is 0 Å². The van der Waals surface area contributed by atoms with Crippen molar-refractivity contribution >= 4 is 11.3 Å². The zero-order valence-corrected chi connectivity index (χ0v) is 14.9. The highest BCUT2D eigenvalue weighted by Crippen LogP contribution is 2.29. The van der Waals surface area contributed by atoms with Crippen molar-refractivity contribution in [2.24, 2.45) is 0 Å². The first kappa shape index (κ1) is 17.9. The summed E-state index contributed by atoms with van der Waals surface area (Å²) in [6.07, 6.45) is 1.21. The lowest BCUT2D eigenvalue weighted by molar-refractivity contribution is 0.193. The fourth-order valence-corrected chi connectivity index (χ4v) is 3.43. The van der Waals surface area contributed by atoms with E-state index in [1.54, 1.807) is 4.88 Å². The maximum absolute atomic E-state index is 2.57. The number of hydrogen-bond donors (Lipinski definition) is 0. The average Bonchev–Trinajstić information content (AvgIpc) is 3.06. The third-order valence-electron chi connectivity index (χ3n) is 3.67. The molecule has 2 aromatic rings. The van der Waals surface area contributed by atoms with Gasteiger partial charge < -0.3 is 0 Å². The molecule has 1 atom stereocenters. The Labute approximate surface area is 134 Å². The second-order valence-corrected chi connectivity index (χ2v) is 5.68. The van der Waals surface area contributed by atoms with Crippen LogP contribution < -0.4 is 0 Å². The van der Waals surface area contributed by atoms with Crippen LogP contribution in [0.2, 0.25) is 0 Å². The minimum absolute atomic E-state index is 0.518. The minimum Gasteiger partial charge on any atom is -0.292 e. The summed E-state index contributed by atoms with van der Waals surface area (Å²) in [5.41, 5.74) is 2.95. The molecule has 116 valence electrons. The Morgan fingerprint density at radius 2 is 1.67 bits per heavy atom. The van der Waals surface area contributed by atoms with Crippen LogP contribution in [0.15, 0.2) is 41.8 Å². The third kappa shape index (κ3) is 4.69. The highest BCUT2D eigenvalue weighted by Gasteiger charge is 2.21. The van der Waals surface area contributed by atoms with Crippen LogP contribution in [0, 0.1) is 0 Å². The number of thiophene rings is 1. The first-order valence-corrected chi connectivity index (χ1v) is 9.07. The van der Waals surface area contributed by atoms with Crippen LogP contribution in [0.5, 0.6) is 0 Å². The summed E-state index contributed by atoms with van der Waals surface area (Å²) in [6, 6.07) is 13.6. The lowest BCUT2D eigenvalue weighted by Gasteiger charge is -2.32. The van der Waals surface area contributed by atoms with E-state index < -0.39 is 0 Å². The fourth-order valence-electron chi connectivity index (χ4n) is 2.54. The molecule has 0 N–H and O–H groups in total. The second kappa shape index (κ2) is 9.75. The molecule has 1 aliphatic rings. The number of hydrogen-bond acceptors (Lipinski definition) is 2. The highest BCUT2D eigenvalue weighted by molar-refractivity contribution is 7.10. The van der Waals surface area contributed by atoms with Gasteiger partial charge in [-0.2, -0.15) is 0 Å². The van der Waals surface area contributed by atoms with Gasteiger partial charge in [0.15, 0.2) is 0 Å². The van der Waals surface area contributed by atoms with Crippen molar-refractivity contribution in [3.63, 3.8) is 0 Å². The zero-order valence-electron chi connectivity index (χ0n) is 14.1. The number of fused-ring (bicyclic) bond motifs is 1. The molecule has 0 saturated heterocycles. The summed E-state index contributed by atoms with van der Waals surface area (Å²) in [6.45, 7) is 12.6. The molecule has 0 spiro atoms. The lowest BCUT2D eigenvalue weighted by Crippen LogP contribution is -2.32. The Morgan fingerprint density at radius 3 is 2.33 bits per heavy atom. The van der Waals surface area contributed by atoms with E-state index in [1.807, 2.05) is 39.0 Å². The van der Waals surface area contributed by atoms with Gasteiger partial charge in [-0.25, -0.2) is 0 Å². The summed E-state index contributed by atoms with van der Waals surface area (Å²) in [5.74, 6) is 0. The molecular formula is C19H29NS. The predicted molar refractivity (Wildman–Crippen MR) is 96.0 cm³/mol. The Bertz CT molecular complexity index is 489. The van der Waals surface area contributed by atoms with Gasteiger partial charge in [-0.15, -0.1) is 11.3 Å². The van der Waals surface area contributed by atoms with Crippen LogP contribution in [-0.2, 0) is 13.0 Å². The third-order valence-corrected chi connectivity index (χ3v) is 4.69. The van der Waals surface area contributed by atoms with Gasteiger partial charge in [-0.1, -0.05) is 58.0 Å². The molecule has 2 heteroatoms. The largest absolute Gasteiger partial charge is 0.292 e. The molecule has 2 heterocycles. The lowest BCUT2D eigenvalue weighted by atomic mass is 10.0. The summed E-state index contributed by atoms with van der Waals surface area (Å²) in [4.78, 5) is 4.16. The number of rotatable bonds is 2. The second-order valence-electron chi connectivity index (χ2n) is 4.68. The molecule has 3 rings (SSSR count). The van der Waals surface area contributed by atoms with Gasteiger partial charge in [0.25, 0.3) is 0 Å². The van der Waals surface area contributed by atoms with Crippen molar-refractivity contribution in [1.29, 1.82) is 0 Å². The van der Waals surface area contributed by atoms with E-state index in [4.69, 9.17) is 0 Å². The van der Waals surface area contributed by atoms with E-state index in [0.717, 1.165) is 6.54 Å².